The highest BCUT2D eigenvalue weighted by atomic mass is 28.3. The van der Waals surface area contributed by atoms with E-state index in [1.54, 1.807) is 11.1 Å². The molecule has 0 atom stereocenters. The minimum absolute atomic E-state index is 1.02. The Morgan fingerprint density at radius 3 is 1.44 bits per heavy atom. The summed E-state index contributed by atoms with van der Waals surface area (Å²) in [5.74, 6) is 0. The molecule has 0 saturated carbocycles. The molecule has 0 bridgehead atoms. The molecule has 1 saturated heterocycles. The van der Waals surface area contributed by atoms with Crippen molar-refractivity contribution in [3.63, 3.8) is 0 Å². The van der Waals surface area contributed by atoms with Gasteiger partial charge < -0.3 is 0 Å². The Balaban J connectivity index is 1.75. The summed E-state index contributed by atoms with van der Waals surface area (Å²) in [7, 11) is -1.02. The van der Waals surface area contributed by atoms with Crippen LogP contribution in [0.2, 0.25) is 12.1 Å². The highest BCUT2D eigenvalue weighted by Gasteiger charge is 2.39. The molecule has 0 spiro atoms. The third-order valence-electron chi connectivity index (χ3n) is 4.26. The van der Waals surface area contributed by atoms with Crippen LogP contribution >= 0.6 is 0 Å². The lowest BCUT2D eigenvalue weighted by Crippen LogP contribution is -2.46. The van der Waals surface area contributed by atoms with Crippen molar-refractivity contribution in [2.24, 2.45) is 0 Å². The quantitative estimate of drug-likeness (QED) is 0.707. The second-order valence-corrected chi connectivity index (χ2v) is 10.4. The zero-order chi connectivity index (χ0) is 12.3. The summed E-state index contributed by atoms with van der Waals surface area (Å²) < 4.78 is 0. The van der Waals surface area contributed by atoms with Crippen molar-refractivity contribution in [3.05, 3.63) is 71.8 Å². The Hall–Kier alpha value is -1.34. The van der Waals surface area contributed by atoms with Crippen LogP contribution in [0, 0.1) is 0 Å². The van der Waals surface area contributed by atoms with E-state index in [2.05, 4.69) is 60.7 Å². The molecule has 92 valence electrons. The van der Waals surface area contributed by atoms with Gasteiger partial charge in [0.05, 0.1) is 8.07 Å². The summed E-state index contributed by atoms with van der Waals surface area (Å²) in [6.07, 6.45) is 1.46. The molecule has 0 N–H and O–H groups in total. The van der Waals surface area contributed by atoms with Crippen LogP contribution in [0.25, 0.3) is 0 Å². The van der Waals surface area contributed by atoms with E-state index >= 15 is 0 Å². The molecule has 0 nitrogen and oxygen atoms in total. The van der Waals surface area contributed by atoms with Crippen LogP contribution in [0.5, 0.6) is 0 Å². The van der Waals surface area contributed by atoms with Gasteiger partial charge in [0, 0.05) is 0 Å². The molecule has 0 aliphatic carbocycles. The first-order valence-corrected chi connectivity index (χ1v) is 9.77. The average molecular weight is 252 g/mol. The van der Waals surface area contributed by atoms with E-state index < -0.39 is 8.07 Å². The van der Waals surface area contributed by atoms with E-state index in [-0.39, 0.29) is 0 Å². The van der Waals surface area contributed by atoms with E-state index in [4.69, 9.17) is 0 Å². The molecule has 0 amide bonds. The standard InChI is InChI=1S/C17H20Si/c1-3-8-16(9-4-1)14-18(12-7-13-18)15-17-10-5-2-6-11-17/h1-6,8-11H,7,12-15H2. The van der Waals surface area contributed by atoms with E-state index in [0.717, 1.165) is 0 Å². The zero-order valence-corrected chi connectivity index (χ0v) is 11.8. The minimum Gasteiger partial charge on any atom is -0.0622 e. The SMILES string of the molecule is c1ccc(C[Si]2(Cc3ccccc3)CCC2)cc1. The zero-order valence-electron chi connectivity index (χ0n) is 10.8. The Morgan fingerprint density at radius 2 is 1.11 bits per heavy atom. The van der Waals surface area contributed by atoms with Crippen molar-refractivity contribution in [2.45, 2.75) is 30.6 Å². The van der Waals surface area contributed by atoms with Crippen LogP contribution < -0.4 is 0 Å². The second kappa shape index (κ2) is 5.11. The van der Waals surface area contributed by atoms with Gasteiger partial charge >= 0.3 is 0 Å². The number of hydrogen-bond donors (Lipinski definition) is 0. The third-order valence-corrected chi connectivity index (χ3v) is 9.40. The van der Waals surface area contributed by atoms with Gasteiger partial charge in [0.2, 0.25) is 0 Å². The van der Waals surface area contributed by atoms with Gasteiger partial charge in [-0.15, -0.1) is 0 Å². The van der Waals surface area contributed by atoms with Crippen molar-refractivity contribution in [3.8, 4) is 0 Å². The van der Waals surface area contributed by atoms with Crippen LogP contribution in [-0.2, 0) is 12.1 Å². The minimum atomic E-state index is -1.02. The van der Waals surface area contributed by atoms with Crippen molar-refractivity contribution >= 4 is 8.07 Å². The molecule has 2 aromatic carbocycles. The molecule has 1 aliphatic heterocycles. The fraction of sp³-hybridized carbons (Fsp3) is 0.294. The Morgan fingerprint density at radius 1 is 0.667 bits per heavy atom. The molecule has 0 radical (unpaired) electrons. The monoisotopic (exact) mass is 252 g/mol. The number of benzene rings is 2. The van der Waals surface area contributed by atoms with Crippen molar-refractivity contribution in [1.82, 2.24) is 0 Å². The fourth-order valence-electron chi connectivity index (χ4n) is 3.15. The van der Waals surface area contributed by atoms with Gasteiger partial charge in [-0.1, -0.05) is 90.3 Å². The number of rotatable bonds is 4. The normalized spacial score (nSPS) is 17.1. The maximum Gasteiger partial charge on any atom is 0.0622 e. The highest BCUT2D eigenvalue weighted by molar-refractivity contribution is 6.81. The summed E-state index contributed by atoms with van der Waals surface area (Å²) in [6.45, 7) is 0. The summed E-state index contributed by atoms with van der Waals surface area (Å²) >= 11 is 0. The Bertz CT molecular complexity index is 442. The lowest BCUT2D eigenvalue weighted by molar-refractivity contribution is 0.852. The van der Waals surface area contributed by atoms with Gasteiger partial charge in [-0.3, -0.25) is 0 Å². The van der Waals surface area contributed by atoms with Crippen LogP contribution in [0.3, 0.4) is 0 Å². The summed E-state index contributed by atoms with van der Waals surface area (Å²) in [5, 5.41) is 0. The molecule has 1 aliphatic rings. The predicted molar refractivity (Wildman–Crippen MR) is 80.3 cm³/mol. The molecule has 0 unspecified atom stereocenters. The average Bonchev–Trinajstić information content (AvgIpc) is 2.39. The predicted octanol–water partition coefficient (Wildman–Crippen LogP) is 4.40. The van der Waals surface area contributed by atoms with Crippen molar-refractivity contribution in [2.75, 3.05) is 0 Å². The smallest absolute Gasteiger partial charge is 0.0622 e. The van der Waals surface area contributed by atoms with Crippen molar-refractivity contribution in [1.29, 1.82) is 0 Å². The molecule has 2 aromatic rings. The fourth-order valence-corrected chi connectivity index (χ4v) is 7.54. The summed E-state index contributed by atoms with van der Waals surface area (Å²) in [5.41, 5.74) is 3.11. The summed E-state index contributed by atoms with van der Waals surface area (Å²) in [6, 6.07) is 28.0. The molecule has 1 fully saturated rings. The maximum absolute atomic E-state index is 2.30. The Kier molecular flexibility index (Phi) is 3.33. The molecule has 0 aromatic heterocycles. The van der Waals surface area contributed by atoms with Crippen LogP contribution in [0.15, 0.2) is 60.7 Å². The molecular weight excluding hydrogens is 232 g/mol. The van der Waals surface area contributed by atoms with E-state index in [9.17, 15) is 0 Å². The largest absolute Gasteiger partial charge is 0.0622 e. The van der Waals surface area contributed by atoms with E-state index in [1.807, 2.05) is 0 Å². The number of hydrogen-bond acceptors (Lipinski definition) is 0. The van der Waals surface area contributed by atoms with Crippen LogP contribution in [-0.4, -0.2) is 8.07 Å². The lowest BCUT2D eigenvalue weighted by Gasteiger charge is -2.40. The van der Waals surface area contributed by atoms with Crippen LogP contribution in [0.1, 0.15) is 17.5 Å². The lowest BCUT2D eigenvalue weighted by atomic mass is 10.2. The molecule has 1 heterocycles. The van der Waals surface area contributed by atoms with Crippen LogP contribution in [0.4, 0.5) is 0 Å². The van der Waals surface area contributed by atoms with Gasteiger partial charge in [0.15, 0.2) is 0 Å². The van der Waals surface area contributed by atoms with E-state index in [0.29, 0.717) is 0 Å². The van der Waals surface area contributed by atoms with Gasteiger partial charge in [0.25, 0.3) is 0 Å². The first kappa shape index (κ1) is 11.7. The molecule has 1 heteroatoms. The van der Waals surface area contributed by atoms with Gasteiger partial charge in [-0.05, 0) is 12.1 Å². The molecular formula is C17H20Si. The van der Waals surface area contributed by atoms with Gasteiger partial charge in [-0.2, -0.15) is 0 Å². The topological polar surface area (TPSA) is 0 Å². The summed E-state index contributed by atoms with van der Waals surface area (Å²) in [4.78, 5) is 0. The first-order valence-electron chi connectivity index (χ1n) is 6.94. The van der Waals surface area contributed by atoms with Gasteiger partial charge in [0.1, 0.15) is 0 Å². The van der Waals surface area contributed by atoms with Gasteiger partial charge in [-0.25, -0.2) is 0 Å². The Labute approximate surface area is 111 Å². The molecule has 18 heavy (non-hydrogen) atoms. The second-order valence-electron chi connectivity index (χ2n) is 5.68. The maximum atomic E-state index is 2.30. The van der Waals surface area contributed by atoms with Crippen molar-refractivity contribution < 1.29 is 0 Å². The third kappa shape index (κ3) is 2.56. The molecule has 3 rings (SSSR count). The van der Waals surface area contributed by atoms with E-state index in [1.165, 1.54) is 30.6 Å². The first-order chi connectivity index (χ1) is 8.86. The highest BCUT2D eigenvalue weighted by Crippen LogP contribution is 2.37.